The molecule has 2 N–H and O–H groups in total. The minimum absolute atomic E-state index is 0.0505. The summed E-state index contributed by atoms with van der Waals surface area (Å²) in [5.74, 6) is -0.201. The third kappa shape index (κ3) is 2.89. The number of esters is 1. The zero-order valence-electron chi connectivity index (χ0n) is 15.0. The highest BCUT2D eigenvalue weighted by Crippen LogP contribution is 2.53. The number of allylic oxidation sites excluding steroid dienone is 1. The van der Waals surface area contributed by atoms with Gasteiger partial charge in [-0.25, -0.2) is 4.79 Å². The van der Waals surface area contributed by atoms with Crippen molar-refractivity contribution in [3.05, 3.63) is 22.9 Å². The lowest BCUT2D eigenvalue weighted by atomic mass is 9.65. The van der Waals surface area contributed by atoms with Gasteiger partial charge in [-0.1, -0.05) is 0 Å². The van der Waals surface area contributed by atoms with Gasteiger partial charge < -0.3 is 20.1 Å². The van der Waals surface area contributed by atoms with Crippen molar-refractivity contribution in [2.75, 3.05) is 20.1 Å². The van der Waals surface area contributed by atoms with Gasteiger partial charge in [-0.15, -0.1) is 5.11 Å². The van der Waals surface area contributed by atoms with Crippen LogP contribution in [0, 0.1) is 16.7 Å². The summed E-state index contributed by atoms with van der Waals surface area (Å²) in [4.78, 5) is 14.9. The average molecular weight is 345 g/mol. The second-order valence-corrected chi connectivity index (χ2v) is 7.71. The third-order valence-electron chi connectivity index (χ3n) is 4.80. The van der Waals surface area contributed by atoms with Crippen molar-refractivity contribution in [1.29, 1.82) is 5.26 Å². The van der Waals surface area contributed by atoms with Crippen LogP contribution >= 0.6 is 0 Å². The van der Waals surface area contributed by atoms with Gasteiger partial charge in [-0.3, -0.25) is 0 Å². The summed E-state index contributed by atoms with van der Waals surface area (Å²) in [7, 11) is 2.02. The van der Waals surface area contributed by atoms with Crippen LogP contribution in [0.3, 0.4) is 0 Å². The molecule has 134 valence electrons. The monoisotopic (exact) mass is 345 g/mol. The number of azo groups is 1. The van der Waals surface area contributed by atoms with Gasteiger partial charge in [-0.2, -0.15) is 10.4 Å². The van der Waals surface area contributed by atoms with Crippen LogP contribution < -0.4 is 5.73 Å². The van der Waals surface area contributed by atoms with Gasteiger partial charge in [-0.05, 0) is 53.8 Å². The zero-order valence-corrected chi connectivity index (χ0v) is 15.0. The Labute approximate surface area is 147 Å². The van der Waals surface area contributed by atoms with E-state index in [1.807, 2.05) is 7.05 Å². The fraction of sp³-hybridized carbons (Fsp3) is 0.647. The summed E-state index contributed by atoms with van der Waals surface area (Å²) in [6.07, 6.45) is 1.30. The number of likely N-dealkylation sites (tertiary alicyclic amines) is 1. The predicted molar refractivity (Wildman–Crippen MR) is 88.6 cm³/mol. The van der Waals surface area contributed by atoms with Gasteiger partial charge in [0.15, 0.2) is 6.04 Å². The number of carbonyl (C=O) groups is 1. The second kappa shape index (κ2) is 5.85. The molecule has 0 saturated carbocycles. The van der Waals surface area contributed by atoms with E-state index in [4.69, 9.17) is 15.2 Å². The smallest absolute Gasteiger partial charge is 0.337 e. The summed E-state index contributed by atoms with van der Waals surface area (Å²) >= 11 is 0. The number of fused-ring (bicyclic) bond motifs is 1. The SMILES string of the molecule is CN1CCC2(CC1)C(C#N)=C(N)OC1=C2C(C(=O)OC(C)(C)C)N=N1. The third-order valence-corrected chi connectivity index (χ3v) is 4.80. The normalized spacial score (nSPS) is 25.6. The first-order valence-electron chi connectivity index (χ1n) is 8.33. The molecule has 8 nitrogen and oxygen atoms in total. The van der Waals surface area contributed by atoms with E-state index < -0.39 is 23.0 Å². The Morgan fingerprint density at radius 3 is 2.64 bits per heavy atom. The second-order valence-electron chi connectivity index (χ2n) is 7.71. The maximum Gasteiger partial charge on any atom is 0.337 e. The number of ether oxygens (including phenoxy) is 2. The van der Waals surface area contributed by atoms with Crippen LogP contribution in [0.4, 0.5) is 0 Å². The van der Waals surface area contributed by atoms with Crippen molar-refractivity contribution < 1.29 is 14.3 Å². The van der Waals surface area contributed by atoms with E-state index >= 15 is 0 Å². The number of piperidine rings is 1. The molecule has 0 aliphatic carbocycles. The van der Waals surface area contributed by atoms with Crippen LogP contribution in [-0.2, 0) is 14.3 Å². The predicted octanol–water partition coefficient (Wildman–Crippen LogP) is 1.81. The number of nitrogens with two attached hydrogens (primary N) is 1. The lowest BCUT2D eigenvalue weighted by Crippen LogP contribution is -2.46. The number of nitriles is 1. The molecule has 0 aromatic heterocycles. The van der Waals surface area contributed by atoms with Gasteiger partial charge in [0.05, 0.1) is 0 Å². The molecule has 0 amide bonds. The van der Waals surface area contributed by atoms with Gasteiger partial charge in [0.1, 0.15) is 17.2 Å². The van der Waals surface area contributed by atoms with Crippen LogP contribution in [0.15, 0.2) is 33.1 Å². The molecule has 1 atom stereocenters. The van der Waals surface area contributed by atoms with Gasteiger partial charge in [0, 0.05) is 11.0 Å². The topological polar surface area (TPSA) is 113 Å². The van der Waals surface area contributed by atoms with Crippen molar-refractivity contribution in [3.63, 3.8) is 0 Å². The molecule has 1 spiro atoms. The highest BCUT2D eigenvalue weighted by atomic mass is 16.6. The van der Waals surface area contributed by atoms with E-state index in [0.29, 0.717) is 24.0 Å². The Hall–Kier alpha value is -2.40. The number of hydrogen-bond acceptors (Lipinski definition) is 8. The minimum atomic E-state index is -0.894. The van der Waals surface area contributed by atoms with Crippen molar-refractivity contribution in [1.82, 2.24) is 4.90 Å². The molecule has 3 rings (SSSR count). The van der Waals surface area contributed by atoms with Crippen molar-refractivity contribution in [2.45, 2.75) is 45.3 Å². The lowest BCUT2D eigenvalue weighted by Gasteiger charge is -2.43. The standard InChI is InChI=1S/C17H23N5O3/c1-16(2,3)25-15(23)12-11-14(21-20-12)24-13(19)10(9-18)17(11)5-7-22(4)8-6-17/h12H,5-8,19H2,1-4H3. The van der Waals surface area contributed by atoms with Crippen molar-refractivity contribution >= 4 is 5.97 Å². The molecule has 3 aliphatic rings. The van der Waals surface area contributed by atoms with Crippen LogP contribution in [0.5, 0.6) is 0 Å². The van der Waals surface area contributed by atoms with Crippen LogP contribution in [0.2, 0.25) is 0 Å². The number of rotatable bonds is 1. The maximum atomic E-state index is 12.7. The fourth-order valence-electron chi connectivity index (χ4n) is 3.61. The Morgan fingerprint density at radius 2 is 2.08 bits per heavy atom. The van der Waals surface area contributed by atoms with E-state index in [1.54, 1.807) is 20.8 Å². The van der Waals surface area contributed by atoms with Crippen LogP contribution in [0.1, 0.15) is 33.6 Å². The Morgan fingerprint density at radius 1 is 1.44 bits per heavy atom. The molecular weight excluding hydrogens is 322 g/mol. The Bertz CT molecular complexity index is 730. The molecule has 1 saturated heterocycles. The van der Waals surface area contributed by atoms with Gasteiger partial charge in [0.2, 0.25) is 11.8 Å². The summed E-state index contributed by atoms with van der Waals surface area (Å²) in [6, 6.07) is 1.30. The van der Waals surface area contributed by atoms with E-state index in [2.05, 4.69) is 21.2 Å². The average Bonchev–Trinajstić information content (AvgIpc) is 2.93. The van der Waals surface area contributed by atoms with E-state index in [1.165, 1.54) is 0 Å². The molecule has 0 radical (unpaired) electrons. The maximum absolute atomic E-state index is 12.7. The van der Waals surface area contributed by atoms with Crippen molar-refractivity contribution in [2.24, 2.45) is 21.4 Å². The van der Waals surface area contributed by atoms with Crippen molar-refractivity contribution in [3.8, 4) is 6.07 Å². The first kappa shape index (κ1) is 17.4. The molecule has 0 bridgehead atoms. The van der Waals surface area contributed by atoms with E-state index in [-0.39, 0.29) is 11.8 Å². The lowest BCUT2D eigenvalue weighted by molar-refractivity contribution is -0.155. The highest BCUT2D eigenvalue weighted by molar-refractivity contribution is 5.82. The fourth-order valence-corrected chi connectivity index (χ4v) is 3.61. The van der Waals surface area contributed by atoms with E-state index in [0.717, 1.165) is 13.1 Å². The van der Waals surface area contributed by atoms with Gasteiger partial charge >= 0.3 is 5.97 Å². The number of hydrogen-bond donors (Lipinski definition) is 1. The first-order chi connectivity index (χ1) is 11.7. The molecule has 0 aromatic rings. The Balaban J connectivity index is 2.02. The molecule has 8 heteroatoms. The highest BCUT2D eigenvalue weighted by Gasteiger charge is 2.54. The summed E-state index contributed by atoms with van der Waals surface area (Å²) in [5.41, 5.74) is 5.63. The van der Waals surface area contributed by atoms with Gasteiger partial charge in [0.25, 0.3) is 0 Å². The molecule has 3 heterocycles. The largest absolute Gasteiger partial charge is 0.458 e. The molecule has 1 fully saturated rings. The number of carbonyl (C=O) groups excluding carboxylic acids is 1. The van der Waals surface area contributed by atoms with Crippen LogP contribution in [0.25, 0.3) is 0 Å². The minimum Gasteiger partial charge on any atom is -0.458 e. The summed E-state index contributed by atoms with van der Waals surface area (Å²) in [6.45, 7) is 6.95. The molecule has 1 unspecified atom stereocenters. The zero-order chi connectivity index (χ0) is 18.4. The quantitative estimate of drug-likeness (QED) is 0.725. The molecule has 3 aliphatic heterocycles. The summed E-state index contributed by atoms with van der Waals surface area (Å²) < 4.78 is 11.0. The van der Waals surface area contributed by atoms with Crippen LogP contribution in [-0.4, -0.2) is 42.6 Å². The summed E-state index contributed by atoms with van der Waals surface area (Å²) in [5, 5.41) is 17.8. The molecule has 25 heavy (non-hydrogen) atoms. The Kier molecular flexibility index (Phi) is 4.07. The molecular formula is C17H23N5O3. The number of nitrogens with zero attached hydrogens (tertiary/aromatic N) is 4. The molecule has 0 aromatic carbocycles. The first-order valence-corrected chi connectivity index (χ1v) is 8.33. The van der Waals surface area contributed by atoms with E-state index in [9.17, 15) is 10.1 Å².